The highest BCUT2D eigenvalue weighted by Crippen LogP contribution is 2.80. The lowest BCUT2D eigenvalue weighted by Gasteiger charge is -2.70. The maximum Gasteiger partial charge on any atom is 0.187 e. The first kappa shape index (κ1) is 54.3. The Labute approximate surface area is 420 Å². The van der Waals surface area contributed by atoms with Crippen molar-refractivity contribution in [1.29, 1.82) is 0 Å². The van der Waals surface area contributed by atoms with Crippen molar-refractivity contribution in [2.24, 2.45) is 45.3 Å². The Morgan fingerprint density at radius 2 is 1.24 bits per heavy atom. The molecular formula is C51H82O21. The van der Waals surface area contributed by atoms with Crippen LogP contribution in [0, 0.1) is 45.3 Å². The van der Waals surface area contributed by atoms with Crippen molar-refractivity contribution < 1.29 is 104 Å². The predicted octanol–water partition coefficient (Wildman–Crippen LogP) is -0.931. The molecule has 10 aliphatic rings. The van der Waals surface area contributed by atoms with Crippen molar-refractivity contribution in [2.45, 2.75) is 228 Å². The van der Waals surface area contributed by atoms with Gasteiger partial charge in [-0.2, -0.15) is 0 Å². The lowest BCUT2D eigenvalue weighted by atomic mass is 9.35. The molecule has 0 amide bonds. The molecular weight excluding hydrogens is 949 g/mol. The molecule has 0 unspecified atom stereocenters. The molecule has 6 saturated heterocycles. The number of rotatable bonds is 10. The van der Waals surface area contributed by atoms with Crippen molar-refractivity contribution >= 4 is 0 Å². The first-order valence-electron chi connectivity index (χ1n) is 26.4. The van der Waals surface area contributed by atoms with Crippen molar-refractivity contribution in [2.75, 3.05) is 33.0 Å². The number of fused-ring (bicyclic) bond motifs is 4. The molecule has 0 radical (unpaired) electrons. The van der Waals surface area contributed by atoms with Crippen molar-refractivity contribution in [3.05, 3.63) is 11.6 Å². The van der Waals surface area contributed by atoms with E-state index in [0.717, 1.165) is 44.1 Å². The van der Waals surface area contributed by atoms with E-state index in [9.17, 15) is 56.2 Å². The van der Waals surface area contributed by atoms with E-state index in [0.29, 0.717) is 25.4 Å². The fourth-order valence-corrected chi connectivity index (χ4v) is 16.7. The molecule has 11 N–H and O–H groups in total. The maximum atomic E-state index is 12.3. The molecule has 4 aliphatic carbocycles. The van der Waals surface area contributed by atoms with Crippen molar-refractivity contribution in [3.63, 3.8) is 0 Å². The highest BCUT2D eigenvalue weighted by molar-refractivity contribution is 5.27. The SMILES string of the molecule is CC(C)=C[C@H]1C[C@](C)(O)[C@H]2[C@@H]3CC[C@@H]4[C@]5(C)CC[C@@H](O[C@H]6OC[C@H](O)[C@H](O[C@H]7O[C@@H](CO)[C@@H](O)[C@H](O)[C@@H]7O[C@@H]7OC[C@@H](O)[C@@H](O)[C@@H]7O)[C@H]6O[C@@H]6OC[C@@H](O)[C@H](O)[C@H]6O)C(C)(C)[C@@H]5CC[C@@]4(C)[C@]34CO[C@]2(C4)O1. The third-order valence-electron chi connectivity index (χ3n) is 20.1. The summed E-state index contributed by atoms with van der Waals surface area (Å²) in [6.45, 7) is 14.0. The number of hydrogen-bond donors (Lipinski definition) is 11. The first-order valence-corrected chi connectivity index (χ1v) is 26.4. The van der Waals surface area contributed by atoms with Crippen molar-refractivity contribution in [1.82, 2.24) is 0 Å². The van der Waals surface area contributed by atoms with Crippen LogP contribution in [0.2, 0.25) is 0 Å². The van der Waals surface area contributed by atoms with Gasteiger partial charge in [-0.25, -0.2) is 0 Å². The molecule has 21 heteroatoms. The summed E-state index contributed by atoms with van der Waals surface area (Å²) in [6.07, 6.45) is -19.6. The summed E-state index contributed by atoms with van der Waals surface area (Å²) >= 11 is 0. The van der Waals surface area contributed by atoms with Gasteiger partial charge in [-0.1, -0.05) is 39.3 Å². The average Bonchev–Trinajstić information content (AvgIpc) is 3.84. The summed E-state index contributed by atoms with van der Waals surface area (Å²) in [5, 5.41) is 120. The van der Waals surface area contributed by atoms with Crippen LogP contribution >= 0.6 is 0 Å². The number of ether oxygens (including phenoxy) is 10. The molecule has 0 aromatic carbocycles. The van der Waals surface area contributed by atoms with Gasteiger partial charge in [-0.3, -0.25) is 0 Å². The van der Waals surface area contributed by atoms with E-state index in [-0.39, 0.29) is 46.7 Å². The minimum atomic E-state index is -1.86. The van der Waals surface area contributed by atoms with Gasteiger partial charge >= 0.3 is 0 Å². The number of aliphatic hydroxyl groups excluding tert-OH is 10. The Morgan fingerprint density at radius 1 is 0.625 bits per heavy atom. The predicted molar refractivity (Wildman–Crippen MR) is 245 cm³/mol. The van der Waals surface area contributed by atoms with Gasteiger partial charge in [0.1, 0.15) is 79.4 Å². The Kier molecular flexibility index (Phi) is 14.6. The van der Waals surface area contributed by atoms with E-state index in [1.54, 1.807) is 0 Å². The molecule has 72 heavy (non-hydrogen) atoms. The summed E-state index contributed by atoms with van der Waals surface area (Å²) in [5.41, 5.74) is -0.700. The molecule has 4 saturated carbocycles. The number of aliphatic hydroxyl groups is 11. The lowest BCUT2D eigenvalue weighted by Crippen LogP contribution is -2.68. The topological polar surface area (TPSA) is 315 Å². The van der Waals surface area contributed by atoms with Crippen LogP contribution in [-0.2, 0) is 47.4 Å². The molecule has 0 aromatic heterocycles. The van der Waals surface area contributed by atoms with E-state index in [1.165, 1.54) is 0 Å². The molecule has 6 aliphatic heterocycles. The number of allylic oxidation sites excluding steroid dienone is 1. The van der Waals surface area contributed by atoms with Gasteiger partial charge in [0, 0.05) is 24.2 Å². The molecule has 6 heterocycles. The van der Waals surface area contributed by atoms with Crippen LogP contribution in [0.3, 0.4) is 0 Å². The quantitative estimate of drug-likeness (QED) is 0.0930. The van der Waals surface area contributed by atoms with Gasteiger partial charge in [0.25, 0.3) is 0 Å². The number of hydrogen-bond acceptors (Lipinski definition) is 21. The molecule has 0 aromatic rings. The highest BCUT2D eigenvalue weighted by Gasteiger charge is 2.81. The fourth-order valence-electron chi connectivity index (χ4n) is 16.7. The summed E-state index contributed by atoms with van der Waals surface area (Å²) in [7, 11) is 0. The zero-order valence-electron chi connectivity index (χ0n) is 42.6. The normalized spacial score (nSPS) is 57.1. The third-order valence-corrected chi connectivity index (χ3v) is 20.1. The van der Waals surface area contributed by atoms with Crippen LogP contribution < -0.4 is 0 Å². The Balaban J connectivity index is 0.913. The highest BCUT2D eigenvalue weighted by atomic mass is 16.8. The van der Waals surface area contributed by atoms with Crippen LogP contribution in [0.15, 0.2) is 11.6 Å². The van der Waals surface area contributed by atoms with Crippen LogP contribution in [-0.4, -0.2) is 217 Å². The smallest absolute Gasteiger partial charge is 0.187 e. The molecule has 10 rings (SSSR count). The first-order chi connectivity index (χ1) is 33.8. The summed E-state index contributed by atoms with van der Waals surface area (Å²) in [4.78, 5) is 0. The Bertz CT molecular complexity index is 1970. The molecule has 10 fully saturated rings. The van der Waals surface area contributed by atoms with Gasteiger partial charge in [-0.15, -0.1) is 0 Å². The second-order valence-corrected chi connectivity index (χ2v) is 24.9. The Morgan fingerprint density at radius 3 is 1.88 bits per heavy atom. The molecule has 2 spiro atoms. The van der Waals surface area contributed by atoms with Gasteiger partial charge in [0.2, 0.25) is 0 Å². The lowest BCUT2D eigenvalue weighted by molar-refractivity contribution is -0.396. The van der Waals surface area contributed by atoms with Gasteiger partial charge in [0.15, 0.2) is 30.9 Å². The maximum absolute atomic E-state index is 12.3. The van der Waals surface area contributed by atoms with Crippen LogP contribution in [0.4, 0.5) is 0 Å². The van der Waals surface area contributed by atoms with E-state index < -0.39 is 147 Å². The van der Waals surface area contributed by atoms with Crippen LogP contribution in [0.1, 0.15) is 99.8 Å². The summed E-state index contributed by atoms with van der Waals surface area (Å²) < 4.78 is 63.0. The molecule has 412 valence electrons. The van der Waals surface area contributed by atoms with Gasteiger partial charge in [-0.05, 0) is 93.3 Å². The second-order valence-electron chi connectivity index (χ2n) is 24.9. The van der Waals surface area contributed by atoms with E-state index in [1.807, 2.05) is 6.92 Å². The van der Waals surface area contributed by atoms with E-state index in [2.05, 4.69) is 47.6 Å². The Hall–Kier alpha value is -1.10. The van der Waals surface area contributed by atoms with Crippen molar-refractivity contribution in [3.8, 4) is 0 Å². The molecule has 21 nitrogen and oxygen atoms in total. The summed E-state index contributed by atoms with van der Waals surface area (Å²) in [6, 6.07) is 0. The van der Waals surface area contributed by atoms with Crippen LogP contribution in [0.25, 0.3) is 0 Å². The molecule has 28 atom stereocenters. The minimum absolute atomic E-state index is 0.105. The minimum Gasteiger partial charge on any atom is -0.394 e. The fraction of sp³-hybridized carbons (Fsp3) is 0.961. The van der Waals surface area contributed by atoms with E-state index >= 15 is 0 Å². The van der Waals surface area contributed by atoms with E-state index in [4.69, 9.17) is 47.4 Å². The second kappa shape index (κ2) is 19.4. The zero-order chi connectivity index (χ0) is 51.8. The third kappa shape index (κ3) is 8.54. The largest absolute Gasteiger partial charge is 0.394 e. The van der Waals surface area contributed by atoms with Gasteiger partial charge < -0.3 is 104 Å². The standard InChI is InChI=1S/C51H82O21/c1-22(2)14-23-15-49(7,62)41-24-8-9-30-47(5)12-11-31(46(3,4)29(47)10-13-48(30,6)50(24)20-51(41,72-23)66-21-50)68-44-40(71-43-37(61)33(57)26(54)18-64-43)38(27(55)19-65-44)69-45-39(35(59)34(58)28(16-52)67-45)70-42-36(60)32(56)25(53)17-63-42/h14,23-45,52-62H,8-13,15-21H2,1-7H3/t23-,24-,25+,26+,27-,28-,29-,30+,31+,32+,33-,34+,35-,36-,37+,38-,39-,40+,41+,42-,43-,44+,45+,47+,48+,49-,50+,51+/m0/s1. The van der Waals surface area contributed by atoms with Gasteiger partial charge in [0.05, 0.1) is 50.8 Å². The monoisotopic (exact) mass is 1030 g/mol. The molecule has 2 bridgehead atoms. The zero-order valence-corrected chi connectivity index (χ0v) is 42.6. The van der Waals surface area contributed by atoms with Crippen LogP contribution in [0.5, 0.6) is 0 Å². The average molecular weight is 1030 g/mol. The summed E-state index contributed by atoms with van der Waals surface area (Å²) in [5.74, 6) is -0.218.